The molecule has 0 spiro atoms. The van der Waals surface area contributed by atoms with E-state index in [9.17, 15) is 4.79 Å². The van der Waals surface area contributed by atoms with Gasteiger partial charge in [-0.15, -0.1) is 0 Å². The number of methoxy groups -OCH3 is 1. The van der Waals surface area contributed by atoms with Gasteiger partial charge in [0.1, 0.15) is 12.4 Å². The second kappa shape index (κ2) is 12.0. The lowest BCUT2D eigenvalue weighted by atomic mass is 9.89. The fraction of sp³-hybridized carbons (Fsp3) is 0.500. The molecule has 1 saturated carbocycles. The lowest BCUT2D eigenvalue weighted by Crippen LogP contribution is -2.17. The zero-order valence-corrected chi connectivity index (χ0v) is 18.5. The maximum absolute atomic E-state index is 11.4. The van der Waals surface area contributed by atoms with Crippen molar-refractivity contribution in [2.75, 3.05) is 20.8 Å². The molecule has 0 N–H and O–H groups in total. The highest BCUT2D eigenvalue weighted by Crippen LogP contribution is 2.26. The van der Waals surface area contributed by atoms with Gasteiger partial charge in [-0.2, -0.15) is 5.10 Å². The summed E-state index contributed by atoms with van der Waals surface area (Å²) in [6.45, 7) is 1.34. The highest BCUT2D eigenvalue weighted by molar-refractivity contribution is 5.79. The van der Waals surface area contributed by atoms with Gasteiger partial charge in [-0.3, -0.25) is 9.48 Å². The Morgan fingerprint density at radius 1 is 1.32 bits per heavy atom. The number of rotatable bonds is 11. The minimum atomic E-state index is 0.362. The molecule has 7 nitrogen and oxygen atoms in total. The van der Waals surface area contributed by atoms with Crippen LogP contribution in [-0.4, -0.2) is 48.0 Å². The number of aromatic nitrogens is 3. The van der Waals surface area contributed by atoms with Crippen molar-refractivity contribution >= 4 is 12.5 Å². The zero-order valence-electron chi connectivity index (χ0n) is 18.5. The van der Waals surface area contributed by atoms with Crippen LogP contribution >= 0.6 is 0 Å². The van der Waals surface area contributed by atoms with Gasteiger partial charge in [0.15, 0.2) is 6.29 Å². The third-order valence-electron chi connectivity index (χ3n) is 5.68. The Kier molecular flexibility index (Phi) is 8.82. The van der Waals surface area contributed by atoms with Crippen LogP contribution in [0, 0.1) is 5.92 Å². The van der Waals surface area contributed by atoms with E-state index in [0.717, 1.165) is 31.2 Å². The molecule has 0 saturated heterocycles. The smallest absolute Gasteiger partial charge is 0.213 e. The summed E-state index contributed by atoms with van der Waals surface area (Å²) in [6.07, 6.45) is 16.2. The van der Waals surface area contributed by atoms with Gasteiger partial charge in [-0.05, 0) is 30.4 Å². The van der Waals surface area contributed by atoms with Crippen molar-refractivity contribution in [1.29, 1.82) is 0 Å². The molecule has 0 bridgehead atoms. The largest absolute Gasteiger partial charge is 0.487 e. The maximum atomic E-state index is 11.4. The van der Waals surface area contributed by atoms with Crippen LogP contribution in [0.3, 0.4) is 0 Å². The van der Waals surface area contributed by atoms with Crippen molar-refractivity contribution in [1.82, 2.24) is 14.8 Å². The standard InChI is InChI=1S/C24H32N4O3/c1-25-11-6-9-20(18-31-23-15-26-24(30-2)14-21(23)17-29)13-22-10-12-27-28(22)16-19-7-4-3-5-8-19/h9-12,14-15,17,19H,3-8,13,16,18H2,1-2H3/b20-9+,25-11?. The Hall–Kier alpha value is -2.96. The first-order chi connectivity index (χ1) is 15.2. The minimum Gasteiger partial charge on any atom is -0.487 e. The summed E-state index contributed by atoms with van der Waals surface area (Å²) in [7, 11) is 3.28. The van der Waals surface area contributed by atoms with E-state index >= 15 is 0 Å². The molecule has 1 aliphatic carbocycles. The fourth-order valence-electron chi connectivity index (χ4n) is 3.96. The van der Waals surface area contributed by atoms with Crippen LogP contribution in [0.25, 0.3) is 0 Å². The summed E-state index contributed by atoms with van der Waals surface area (Å²) in [5.41, 5.74) is 2.71. The first kappa shape index (κ1) is 22.7. The van der Waals surface area contributed by atoms with Gasteiger partial charge in [-0.1, -0.05) is 25.3 Å². The Balaban J connectivity index is 1.70. The number of aldehydes is 1. The van der Waals surface area contributed by atoms with Crippen molar-refractivity contribution in [2.24, 2.45) is 10.9 Å². The van der Waals surface area contributed by atoms with Gasteiger partial charge in [-0.25, -0.2) is 4.98 Å². The van der Waals surface area contributed by atoms with Crippen molar-refractivity contribution in [2.45, 2.75) is 51.5 Å². The normalized spacial score (nSPS) is 15.4. The van der Waals surface area contributed by atoms with E-state index in [2.05, 4.69) is 31.9 Å². The van der Waals surface area contributed by atoms with E-state index in [-0.39, 0.29) is 0 Å². The highest BCUT2D eigenvalue weighted by atomic mass is 16.5. The molecule has 0 aliphatic heterocycles. The molecule has 0 amide bonds. The summed E-state index contributed by atoms with van der Waals surface area (Å²) in [5, 5.41) is 4.58. The fourth-order valence-corrected chi connectivity index (χ4v) is 3.96. The molecule has 2 heterocycles. The molecule has 0 atom stereocenters. The number of carbonyl (C=O) groups excluding carboxylic acids is 1. The number of nitrogens with zero attached hydrogens (tertiary/aromatic N) is 4. The summed E-state index contributed by atoms with van der Waals surface area (Å²) in [4.78, 5) is 19.7. The third kappa shape index (κ3) is 6.77. The molecule has 2 aromatic rings. The van der Waals surface area contributed by atoms with Crippen molar-refractivity contribution in [3.05, 3.63) is 47.4 Å². The van der Waals surface area contributed by atoms with Crippen LogP contribution in [0.15, 0.2) is 41.2 Å². The van der Waals surface area contributed by atoms with Gasteiger partial charge in [0, 0.05) is 50.6 Å². The van der Waals surface area contributed by atoms with E-state index in [4.69, 9.17) is 9.47 Å². The maximum Gasteiger partial charge on any atom is 0.213 e. The zero-order chi connectivity index (χ0) is 21.9. The predicted molar refractivity (Wildman–Crippen MR) is 121 cm³/mol. The molecule has 2 aromatic heterocycles. The van der Waals surface area contributed by atoms with Crippen LogP contribution in [0.2, 0.25) is 0 Å². The molecule has 0 aromatic carbocycles. The topological polar surface area (TPSA) is 78.6 Å². The first-order valence-corrected chi connectivity index (χ1v) is 10.9. The van der Waals surface area contributed by atoms with Crippen LogP contribution in [0.1, 0.15) is 54.6 Å². The second-order valence-corrected chi connectivity index (χ2v) is 7.90. The minimum absolute atomic E-state index is 0.362. The lowest BCUT2D eigenvalue weighted by Gasteiger charge is -2.22. The quantitative estimate of drug-likeness (QED) is 0.305. The SMILES string of the molecule is CN=CC/C=C(/COc1cnc(OC)cc1C=O)Cc1ccnn1CC1CCCCC1. The van der Waals surface area contributed by atoms with Gasteiger partial charge in [0.2, 0.25) is 5.88 Å². The van der Waals surface area contributed by atoms with E-state index < -0.39 is 0 Å². The van der Waals surface area contributed by atoms with Crippen LogP contribution in [0.4, 0.5) is 0 Å². The summed E-state index contributed by atoms with van der Waals surface area (Å²) >= 11 is 0. The van der Waals surface area contributed by atoms with Crippen molar-refractivity contribution < 1.29 is 14.3 Å². The molecule has 0 radical (unpaired) electrons. The molecular weight excluding hydrogens is 392 g/mol. The number of hydrogen-bond acceptors (Lipinski definition) is 6. The van der Waals surface area contributed by atoms with Gasteiger partial charge >= 0.3 is 0 Å². The molecule has 7 heteroatoms. The predicted octanol–water partition coefficient (Wildman–Crippen LogP) is 4.32. The Morgan fingerprint density at radius 2 is 2.16 bits per heavy atom. The molecule has 166 valence electrons. The number of aliphatic imine (C=N–C) groups is 1. The lowest BCUT2D eigenvalue weighted by molar-refractivity contribution is 0.111. The molecule has 3 rings (SSSR count). The Bertz CT molecular complexity index is 898. The van der Waals surface area contributed by atoms with Crippen molar-refractivity contribution in [3.63, 3.8) is 0 Å². The average molecular weight is 425 g/mol. The van der Waals surface area contributed by atoms with Gasteiger partial charge < -0.3 is 14.5 Å². The van der Waals surface area contributed by atoms with Gasteiger partial charge in [0.25, 0.3) is 0 Å². The summed E-state index contributed by atoms with van der Waals surface area (Å²) in [5.74, 6) is 1.54. The average Bonchev–Trinajstić information content (AvgIpc) is 3.24. The molecule has 31 heavy (non-hydrogen) atoms. The van der Waals surface area contributed by atoms with Gasteiger partial charge in [0.05, 0.1) is 18.9 Å². The van der Waals surface area contributed by atoms with Crippen LogP contribution in [0.5, 0.6) is 11.6 Å². The number of ether oxygens (including phenoxy) is 2. The molecule has 1 aliphatic rings. The summed E-state index contributed by atoms with van der Waals surface area (Å²) < 4.78 is 13.2. The van der Waals surface area contributed by atoms with Crippen LogP contribution in [-0.2, 0) is 13.0 Å². The van der Waals surface area contributed by atoms with Crippen LogP contribution < -0.4 is 9.47 Å². The Morgan fingerprint density at radius 3 is 2.90 bits per heavy atom. The van der Waals surface area contributed by atoms with E-state index in [1.807, 2.05) is 12.4 Å². The summed E-state index contributed by atoms with van der Waals surface area (Å²) in [6, 6.07) is 3.66. The second-order valence-electron chi connectivity index (χ2n) is 7.90. The number of pyridine rings is 1. The molecule has 0 unspecified atom stereocenters. The monoisotopic (exact) mass is 424 g/mol. The number of allylic oxidation sites excluding steroid dienone is 1. The molecule has 1 fully saturated rings. The first-order valence-electron chi connectivity index (χ1n) is 10.9. The Labute approximate surface area is 184 Å². The number of hydrogen-bond donors (Lipinski definition) is 0. The van der Waals surface area contributed by atoms with E-state index in [1.165, 1.54) is 51.1 Å². The van der Waals surface area contributed by atoms with E-state index in [1.54, 1.807) is 13.1 Å². The molecular formula is C24H32N4O3. The number of carbonyl (C=O) groups is 1. The van der Waals surface area contributed by atoms with Crippen molar-refractivity contribution in [3.8, 4) is 11.6 Å². The van der Waals surface area contributed by atoms with E-state index in [0.29, 0.717) is 29.7 Å². The third-order valence-corrected chi connectivity index (χ3v) is 5.68. The highest BCUT2D eigenvalue weighted by Gasteiger charge is 2.16.